The van der Waals surface area contributed by atoms with Crippen LogP contribution < -0.4 is 5.32 Å². The highest BCUT2D eigenvalue weighted by molar-refractivity contribution is 5.93. The summed E-state index contributed by atoms with van der Waals surface area (Å²) in [5, 5.41) is 20.4. The van der Waals surface area contributed by atoms with Crippen LogP contribution in [-0.2, 0) is 14.3 Å². The molecule has 0 atom stereocenters. The van der Waals surface area contributed by atoms with Gasteiger partial charge in [-0.1, -0.05) is 6.58 Å². The molecule has 8 heteroatoms. The van der Waals surface area contributed by atoms with Gasteiger partial charge in [-0.15, -0.1) is 0 Å². The Hall–Kier alpha value is -3.03. The van der Waals surface area contributed by atoms with Crippen molar-refractivity contribution in [3.63, 3.8) is 0 Å². The standard InChI is InChI=1S/C13H13NO7/c1-2-11(16)20-5-6-21-13(19)14-8-3-4-10(15)9(7-8)12(17)18/h2-4,7,15H,1,5-6H2,(H,14,19)(H,17,18). The van der Waals surface area contributed by atoms with E-state index in [1.165, 1.54) is 6.07 Å². The Morgan fingerprint density at radius 1 is 1.24 bits per heavy atom. The smallest absolute Gasteiger partial charge is 0.411 e. The van der Waals surface area contributed by atoms with E-state index in [4.69, 9.17) is 9.84 Å². The van der Waals surface area contributed by atoms with Gasteiger partial charge in [-0.2, -0.15) is 0 Å². The monoisotopic (exact) mass is 295 g/mol. The normalized spacial score (nSPS) is 9.52. The van der Waals surface area contributed by atoms with Crippen LogP contribution in [0.4, 0.5) is 10.5 Å². The Kier molecular flexibility index (Phi) is 5.75. The van der Waals surface area contributed by atoms with Crippen LogP contribution in [0.15, 0.2) is 30.9 Å². The number of esters is 1. The number of anilines is 1. The molecule has 0 radical (unpaired) electrons. The van der Waals surface area contributed by atoms with Crippen molar-refractivity contribution in [3.8, 4) is 5.75 Å². The summed E-state index contributed by atoms with van der Waals surface area (Å²) in [6.07, 6.45) is 0.121. The van der Waals surface area contributed by atoms with Gasteiger partial charge >= 0.3 is 18.0 Å². The molecule has 0 bridgehead atoms. The Morgan fingerprint density at radius 3 is 2.52 bits per heavy atom. The average Bonchev–Trinajstić information content (AvgIpc) is 2.45. The largest absolute Gasteiger partial charge is 0.507 e. The molecule has 1 aromatic rings. The van der Waals surface area contributed by atoms with E-state index in [1.807, 2.05) is 0 Å². The lowest BCUT2D eigenvalue weighted by molar-refractivity contribution is -0.138. The van der Waals surface area contributed by atoms with Gasteiger partial charge in [0.1, 0.15) is 24.5 Å². The predicted molar refractivity (Wildman–Crippen MR) is 71.2 cm³/mol. The lowest BCUT2D eigenvalue weighted by Crippen LogP contribution is -2.18. The zero-order valence-corrected chi connectivity index (χ0v) is 10.9. The van der Waals surface area contributed by atoms with E-state index < -0.39 is 23.8 Å². The van der Waals surface area contributed by atoms with Crippen LogP contribution >= 0.6 is 0 Å². The van der Waals surface area contributed by atoms with E-state index in [0.29, 0.717) is 0 Å². The highest BCUT2D eigenvalue weighted by Gasteiger charge is 2.12. The molecule has 0 aliphatic heterocycles. The number of carboxylic acids is 1. The second-order valence-corrected chi connectivity index (χ2v) is 3.67. The fourth-order valence-electron chi connectivity index (χ4n) is 1.27. The summed E-state index contributed by atoms with van der Waals surface area (Å²) in [6, 6.07) is 3.52. The topological polar surface area (TPSA) is 122 Å². The van der Waals surface area contributed by atoms with E-state index >= 15 is 0 Å². The van der Waals surface area contributed by atoms with Gasteiger partial charge in [0.2, 0.25) is 0 Å². The van der Waals surface area contributed by atoms with E-state index in [2.05, 4.69) is 16.6 Å². The lowest BCUT2D eigenvalue weighted by Gasteiger charge is -2.08. The van der Waals surface area contributed by atoms with Gasteiger partial charge < -0.3 is 19.7 Å². The van der Waals surface area contributed by atoms with Crippen LogP contribution in [-0.4, -0.2) is 41.5 Å². The van der Waals surface area contributed by atoms with E-state index in [9.17, 15) is 19.5 Å². The van der Waals surface area contributed by atoms with Gasteiger partial charge in [0.15, 0.2) is 0 Å². The lowest BCUT2D eigenvalue weighted by atomic mass is 10.2. The number of nitrogens with one attached hydrogen (secondary N) is 1. The van der Waals surface area contributed by atoms with Crippen LogP contribution in [0.2, 0.25) is 0 Å². The first kappa shape index (κ1) is 16.0. The number of rotatable bonds is 6. The molecule has 8 nitrogen and oxygen atoms in total. The zero-order chi connectivity index (χ0) is 15.8. The first-order chi connectivity index (χ1) is 9.93. The Labute approximate surface area is 119 Å². The second-order valence-electron chi connectivity index (χ2n) is 3.67. The van der Waals surface area contributed by atoms with Crippen molar-refractivity contribution in [1.82, 2.24) is 0 Å². The molecule has 0 saturated carbocycles. The molecule has 1 amide bonds. The van der Waals surface area contributed by atoms with Gasteiger partial charge in [-0.05, 0) is 18.2 Å². The SMILES string of the molecule is C=CC(=O)OCCOC(=O)Nc1ccc(O)c(C(=O)O)c1. The molecule has 0 unspecified atom stereocenters. The molecule has 0 aliphatic carbocycles. The van der Waals surface area contributed by atoms with Gasteiger partial charge in [-0.3, -0.25) is 5.32 Å². The summed E-state index contributed by atoms with van der Waals surface area (Å²) >= 11 is 0. The molecule has 112 valence electrons. The predicted octanol–water partition coefficient (Wildman–Crippen LogP) is 1.37. The van der Waals surface area contributed by atoms with Crippen molar-refractivity contribution in [2.45, 2.75) is 0 Å². The number of carbonyl (C=O) groups is 3. The molecule has 0 fully saturated rings. The molecular weight excluding hydrogens is 282 g/mol. The van der Waals surface area contributed by atoms with Crippen molar-refractivity contribution in [1.29, 1.82) is 0 Å². The molecular formula is C13H13NO7. The maximum Gasteiger partial charge on any atom is 0.411 e. The van der Waals surface area contributed by atoms with Gasteiger partial charge in [0.05, 0.1) is 0 Å². The Balaban J connectivity index is 2.48. The number of benzene rings is 1. The zero-order valence-electron chi connectivity index (χ0n) is 10.9. The molecule has 0 saturated heterocycles. The molecule has 0 aliphatic rings. The number of amides is 1. The molecule has 3 N–H and O–H groups in total. The number of phenols is 1. The van der Waals surface area contributed by atoms with Gasteiger partial charge in [0.25, 0.3) is 0 Å². The number of hydrogen-bond acceptors (Lipinski definition) is 6. The van der Waals surface area contributed by atoms with Crippen molar-refractivity contribution >= 4 is 23.7 Å². The van der Waals surface area contributed by atoms with E-state index in [0.717, 1.165) is 18.2 Å². The summed E-state index contributed by atoms with van der Waals surface area (Å²) < 4.78 is 9.29. The van der Waals surface area contributed by atoms with E-state index in [1.54, 1.807) is 0 Å². The fraction of sp³-hybridized carbons (Fsp3) is 0.154. The number of carboxylic acid groups (broad SMARTS) is 1. The highest BCUT2D eigenvalue weighted by Crippen LogP contribution is 2.21. The third-order valence-electron chi connectivity index (χ3n) is 2.20. The van der Waals surface area contributed by atoms with Crippen LogP contribution in [0.5, 0.6) is 5.75 Å². The number of aromatic carboxylic acids is 1. The number of carbonyl (C=O) groups excluding carboxylic acids is 2. The van der Waals surface area contributed by atoms with Crippen molar-refractivity contribution in [3.05, 3.63) is 36.4 Å². The molecule has 0 spiro atoms. The minimum Gasteiger partial charge on any atom is -0.507 e. The minimum absolute atomic E-state index is 0.131. The van der Waals surface area contributed by atoms with Crippen molar-refractivity contribution in [2.24, 2.45) is 0 Å². The molecule has 21 heavy (non-hydrogen) atoms. The first-order valence-corrected chi connectivity index (χ1v) is 5.73. The molecule has 0 aromatic heterocycles. The third-order valence-corrected chi connectivity index (χ3v) is 2.20. The summed E-state index contributed by atoms with van der Waals surface area (Å²) in [6.45, 7) is 2.89. The molecule has 1 aromatic carbocycles. The van der Waals surface area contributed by atoms with Gasteiger partial charge in [0, 0.05) is 11.8 Å². The summed E-state index contributed by atoms with van der Waals surface area (Å²) in [5.74, 6) is -2.39. The minimum atomic E-state index is -1.33. The van der Waals surface area contributed by atoms with Crippen LogP contribution in [0.25, 0.3) is 0 Å². The maximum atomic E-state index is 11.4. The summed E-state index contributed by atoms with van der Waals surface area (Å²) in [5.41, 5.74) is -0.217. The Bertz CT molecular complexity index is 568. The van der Waals surface area contributed by atoms with Crippen molar-refractivity contribution in [2.75, 3.05) is 18.5 Å². The molecule has 0 heterocycles. The maximum absolute atomic E-state index is 11.4. The quantitative estimate of drug-likeness (QED) is 0.313. The number of hydrogen-bond donors (Lipinski definition) is 3. The highest BCUT2D eigenvalue weighted by atomic mass is 16.6. The fourth-order valence-corrected chi connectivity index (χ4v) is 1.27. The van der Waals surface area contributed by atoms with Crippen LogP contribution in [0.1, 0.15) is 10.4 Å². The Morgan fingerprint density at radius 2 is 1.90 bits per heavy atom. The average molecular weight is 295 g/mol. The number of aromatic hydroxyl groups is 1. The van der Waals surface area contributed by atoms with E-state index in [-0.39, 0.29) is 24.5 Å². The third kappa shape index (κ3) is 5.23. The summed E-state index contributed by atoms with van der Waals surface area (Å²) in [4.78, 5) is 32.9. The number of ether oxygens (including phenoxy) is 2. The first-order valence-electron chi connectivity index (χ1n) is 5.73. The van der Waals surface area contributed by atoms with Crippen LogP contribution in [0, 0.1) is 0 Å². The molecule has 1 rings (SSSR count). The van der Waals surface area contributed by atoms with Gasteiger partial charge in [-0.25, -0.2) is 14.4 Å². The van der Waals surface area contributed by atoms with Crippen LogP contribution in [0.3, 0.4) is 0 Å². The summed E-state index contributed by atoms with van der Waals surface area (Å²) in [7, 11) is 0. The second kappa shape index (κ2) is 7.53. The van der Waals surface area contributed by atoms with Crippen molar-refractivity contribution < 1.29 is 34.1 Å².